The molecular weight excluding hydrogens is 166 g/mol. The number of benzene rings is 1. The third-order valence-corrected chi connectivity index (χ3v) is 2.20. The summed E-state index contributed by atoms with van der Waals surface area (Å²) in [4.78, 5) is 4.05. The van der Waals surface area contributed by atoms with E-state index in [0.29, 0.717) is 0 Å². The van der Waals surface area contributed by atoms with Crippen molar-refractivity contribution in [1.29, 1.82) is 0 Å². The summed E-state index contributed by atoms with van der Waals surface area (Å²) in [5.41, 5.74) is 2.72. The largest absolute Gasteiger partial charge is 0.443 e. The Morgan fingerprint density at radius 3 is 3.15 bits per heavy atom. The molecule has 0 aliphatic heterocycles. The molecular formula is C10H11NO2. The molecule has 0 saturated heterocycles. The van der Waals surface area contributed by atoms with Crippen LogP contribution in [0.25, 0.3) is 11.1 Å². The molecule has 2 aromatic rings. The summed E-state index contributed by atoms with van der Waals surface area (Å²) in [6, 6.07) is 5.78. The Hall–Kier alpha value is -1.35. The number of aliphatic hydroxyl groups is 1. The molecule has 1 aromatic carbocycles. The van der Waals surface area contributed by atoms with Gasteiger partial charge in [0.05, 0.1) is 0 Å². The van der Waals surface area contributed by atoms with Crippen LogP contribution in [0.5, 0.6) is 0 Å². The Morgan fingerprint density at radius 1 is 1.54 bits per heavy atom. The first-order valence-corrected chi connectivity index (χ1v) is 4.25. The van der Waals surface area contributed by atoms with E-state index in [1.807, 2.05) is 25.1 Å². The van der Waals surface area contributed by atoms with Gasteiger partial charge in [0.1, 0.15) is 5.52 Å². The Kier molecular flexibility index (Phi) is 2.02. The molecule has 0 radical (unpaired) electrons. The van der Waals surface area contributed by atoms with Gasteiger partial charge in [-0.1, -0.05) is 13.0 Å². The van der Waals surface area contributed by atoms with E-state index in [2.05, 4.69) is 4.98 Å². The second-order valence-corrected chi connectivity index (χ2v) is 3.16. The highest BCUT2D eigenvalue weighted by Gasteiger charge is 2.05. The lowest BCUT2D eigenvalue weighted by Gasteiger charge is -2.06. The third kappa shape index (κ3) is 1.42. The molecule has 0 saturated carbocycles. The molecule has 0 fully saturated rings. The number of rotatable bonds is 2. The van der Waals surface area contributed by atoms with Gasteiger partial charge in [0.2, 0.25) is 0 Å². The van der Waals surface area contributed by atoms with Crippen LogP contribution in [0.2, 0.25) is 0 Å². The monoisotopic (exact) mass is 177 g/mol. The molecule has 3 heteroatoms. The van der Waals surface area contributed by atoms with E-state index in [9.17, 15) is 0 Å². The van der Waals surface area contributed by atoms with E-state index in [4.69, 9.17) is 9.52 Å². The van der Waals surface area contributed by atoms with Crippen molar-refractivity contribution in [3.8, 4) is 0 Å². The summed E-state index contributed by atoms with van der Waals surface area (Å²) in [5, 5.41) is 8.97. The smallest absolute Gasteiger partial charge is 0.181 e. The molecule has 0 bridgehead atoms. The second kappa shape index (κ2) is 3.18. The highest BCUT2D eigenvalue weighted by Crippen LogP contribution is 2.20. The molecule has 1 N–H and O–H groups in total. The molecule has 3 nitrogen and oxygen atoms in total. The zero-order valence-corrected chi connectivity index (χ0v) is 7.40. The highest BCUT2D eigenvalue weighted by atomic mass is 16.3. The van der Waals surface area contributed by atoms with Crippen LogP contribution in [-0.4, -0.2) is 16.7 Å². The predicted molar refractivity (Wildman–Crippen MR) is 49.5 cm³/mol. The van der Waals surface area contributed by atoms with Gasteiger partial charge < -0.3 is 9.52 Å². The number of aliphatic hydroxyl groups excluding tert-OH is 1. The van der Waals surface area contributed by atoms with Crippen molar-refractivity contribution in [2.75, 3.05) is 6.61 Å². The van der Waals surface area contributed by atoms with Gasteiger partial charge in [-0.3, -0.25) is 0 Å². The molecule has 68 valence electrons. The van der Waals surface area contributed by atoms with Crippen LogP contribution >= 0.6 is 0 Å². The van der Waals surface area contributed by atoms with Gasteiger partial charge in [-0.25, -0.2) is 4.98 Å². The van der Waals surface area contributed by atoms with Crippen molar-refractivity contribution in [2.45, 2.75) is 12.8 Å². The lowest BCUT2D eigenvalue weighted by atomic mass is 10.0. The first-order valence-electron chi connectivity index (χ1n) is 4.25. The molecule has 0 aliphatic rings. The minimum absolute atomic E-state index is 0.154. The van der Waals surface area contributed by atoms with Crippen LogP contribution in [0.15, 0.2) is 29.0 Å². The van der Waals surface area contributed by atoms with Crippen LogP contribution in [0.1, 0.15) is 18.4 Å². The summed E-state index contributed by atoms with van der Waals surface area (Å²) < 4.78 is 5.11. The van der Waals surface area contributed by atoms with Crippen LogP contribution in [0, 0.1) is 0 Å². The van der Waals surface area contributed by atoms with Crippen molar-refractivity contribution in [2.24, 2.45) is 0 Å². The van der Waals surface area contributed by atoms with E-state index < -0.39 is 0 Å². The van der Waals surface area contributed by atoms with Crippen molar-refractivity contribution >= 4 is 11.1 Å². The van der Waals surface area contributed by atoms with Gasteiger partial charge >= 0.3 is 0 Å². The second-order valence-electron chi connectivity index (χ2n) is 3.16. The van der Waals surface area contributed by atoms with Crippen LogP contribution in [-0.2, 0) is 0 Å². The van der Waals surface area contributed by atoms with Crippen molar-refractivity contribution in [1.82, 2.24) is 4.98 Å². The molecule has 1 unspecified atom stereocenters. The summed E-state index contributed by atoms with van der Waals surface area (Å²) in [6.07, 6.45) is 1.43. The minimum Gasteiger partial charge on any atom is -0.443 e. The fourth-order valence-electron chi connectivity index (χ4n) is 1.29. The zero-order valence-electron chi connectivity index (χ0n) is 7.40. The van der Waals surface area contributed by atoms with Crippen LogP contribution in [0.4, 0.5) is 0 Å². The maximum atomic E-state index is 8.97. The molecule has 1 heterocycles. The fourth-order valence-corrected chi connectivity index (χ4v) is 1.29. The number of aromatic nitrogens is 1. The number of hydrogen-bond acceptors (Lipinski definition) is 3. The third-order valence-electron chi connectivity index (χ3n) is 2.20. The fraction of sp³-hybridized carbons (Fsp3) is 0.300. The van der Waals surface area contributed by atoms with E-state index >= 15 is 0 Å². The first-order chi connectivity index (χ1) is 6.31. The Balaban J connectivity index is 2.48. The normalized spacial score (nSPS) is 13.4. The quantitative estimate of drug-likeness (QED) is 0.762. The summed E-state index contributed by atoms with van der Waals surface area (Å²) in [5.74, 6) is 0.154. The minimum atomic E-state index is 0.154. The van der Waals surface area contributed by atoms with Crippen molar-refractivity contribution in [3.63, 3.8) is 0 Å². The Labute approximate surface area is 76.0 Å². The number of oxazole rings is 1. The van der Waals surface area contributed by atoms with Gasteiger partial charge in [-0.05, 0) is 17.7 Å². The zero-order chi connectivity index (χ0) is 9.26. The van der Waals surface area contributed by atoms with Gasteiger partial charge in [-0.2, -0.15) is 0 Å². The van der Waals surface area contributed by atoms with E-state index in [0.717, 1.165) is 16.7 Å². The van der Waals surface area contributed by atoms with Crippen LogP contribution in [0.3, 0.4) is 0 Å². The standard InChI is InChI=1S/C10H11NO2/c1-7(5-12)8-2-3-10-9(4-8)11-6-13-10/h2-4,6-7,12H,5H2,1H3. The van der Waals surface area contributed by atoms with Gasteiger partial charge in [0.25, 0.3) is 0 Å². The topological polar surface area (TPSA) is 46.3 Å². The van der Waals surface area contributed by atoms with E-state index in [1.165, 1.54) is 6.39 Å². The number of fused-ring (bicyclic) bond motifs is 1. The van der Waals surface area contributed by atoms with E-state index in [-0.39, 0.29) is 12.5 Å². The molecule has 13 heavy (non-hydrogen) atoms. The first kappa shape index (κ1) is 8.26. The average Bonchev–Trinajstić information content (AvgIpc) is 2.63. The Morgan fingerprint density at radius 2 is 2.38 bits per heavy atom. The highest BCUT2D eigenvalue weighted by molar-refractivity contribution is 5.72. The van der Waals surface area contributed by atoms with Gasteiger partial charge in [0.15, 0.2) is 12.0 Å². The number of nitrogens with zero attached hydrogens (tertiary/aromatic N) is 1. The summed E-state index contributed by atoms with van der Waals surface area (Å²) >= 11 is 0. The predicted octanol–water partition coefficient (Wildman–Crippen LogP) is 1.92. The molecule has 1 aromatic heterocycles. The molecule has 0 amide bonds. The lowest BCUT2D eigenvalue weighted by Crippen LogP contribution is -1.97. The Bertz CT molecular complexity index is 408. The lowest BCUT2D eigenvalue weighted by molar-refractivity contribution is 0.273. The maximum Gasteiger partial charge on any atom is 0.181 e. The molecule has 1 atom stereocenters. The average molecular weight is 177 g/mol. The molecule has 2 rings (SSSR count). The molecule has 0 aliphatic carbocycles. The number of hydrogen-bond donors (Lipinski definition) is 1. The van der Waals surface area contributed by atoms with E-state index in [1.54, 1.807) is 0 Å². The van der Waals surface area contributed by atoms with Crippen molar-refractivity contribution in [3.05, 3.63) is 30.2 Å². The maximum absolute atomic E-state index is 8.97. The van der Waals surface area contributed by atoms with Crippen molar-refractivity contribution < 1.29 is 9.52 Å². The van der Waals surface area contributed by atoms with Crippen LogP contribution < -0.4 is 0 Å². The van der Waals surface area contributed by atoms with Gasteiger partial charge in [-0.15, -0.1) is 0 Å². The summed E-state index contributed by atoms with van der Waals surface area (Å²) in [6.45, 7) is 2.13. The molecule has 0 spiro atoms. The van der Waals surface area contributed by atoms with Gasteiger partial charge in [0, 0.05) is 12.5 Å². The SMILES string of the molecule is CC(CO)c1ccc2ocnc2c1. The summed E-state index contributed by atoms with van der Waals surface area (Å²) in [7, 11) is 0.